The molecule has 0 aliphatic carbocycles. The number of halogens is 1. The van der Waals surface area contributed by atoms with E-state index in [0.29, 0.717) is 12.0 Å². The average molecular weight is 430 g/mol. The second-order valence-corrected chi connectivity index (χ2v) is 12.5. The molecule has 1 heterocycles. The lowest BCUT2D eigenvalue weighted by atomic mass is 9.95. The minimum Gasteiger partial charge on any atom is -0.396 e. The van der Waals surface area contributed by atoms with E-state index in [0.717, 1.165) is 24.1 Å². The Morgan fingerprint density at radius 2 is 1.83 bits per heavy atom. The van der Waals surface area contributed by atoms with Gasteiger partial charge in [0.05, 0.1) is 12.2 Å². The van der Waals surface area contributed by atoms with Crippen LogP contribution in [0.15, 0.2) is 54.6 Å². The van der Waals surface area contributed by atoms with E-state index in [9.17, 15) is 14.0 Å². The van der Waals surface area contributed by atoms with Crippen LogP contribution in [0.5, 0.6) is 0 Å². The van der Waals surface area contributed by atoms with E-state index in [-0.39, 0.29) is 36.2 Å². The van der Waals surface area contributed by atoms with Gasteiger partial charge in [-0.05, 0) is 68.1 Å². The summed E-state index contributed by atoms with van der Waals surface area (Å²) in [5, 5.41) is 12.3. The van der Waals surface area contributed by atoms with Crippen LogP contribution < -0.4 is 5.32 Å². The lowest BCUT2D eigenvalue weighted by Crippen LogP contribution is -2.36. The largest absolute Gasteiger partial charge is 0.396 e. The molecular formula is C24H32FNO3Si. The molecule has 4 atom stereocenters. The molecule has 1 saturated heterocycles. The highest BCUT2D eigenvalue weighted by Crippen LogP contribution is 2.46. The Balaban J connectivity index is 1.62. The maximum Gasteiger partial charge on any atom is 0.255 e. The Morgan fingerprint density at radius 1 is 1.10 bits per heavy atom. The Hall–Kier alpha value is -2.02. The summed E-state index contributed by atoms with van der Waals surface area (Å²) in [4.78, 5) is 12.4. The number of amides is 1. The molecule has 4 nitrogen and oxygen atoms in total. The van der Waals surface area contributed by atoms with E-state index < -0.39 is 8.41 Å². The average Bonchev–Trinajstić information content (AvgIpc) is 3.03. The number of benzene rings is 2. The van der Waals surface area contributed by atoms with Gasteiger partial charge in [0.1, 0.15) is 0 Å². The lowest BCUT2D eigenvalue weighted by molar-refractivity contribution is 0.0193. The molecule has 1 fully saturated rings. The van der Waals surface area contributed by atoms with Crippen LogP contribution in [-0.4, -0.2) is 38.2 Å². The van der Waals surface area contributed by atoms with E-state index in [1.165, 1.54) is 0 Å². The molecule has 2 aromatic rings. The Labute approximate surface area is 179 Å². The third-order valence-electron chi connectivity index (χ3n) is 6.05. The van der Waals surface area contributed by atoms with E-state index >= 15 is 0 Å². The van der Waals surface area contributed by atoms with Gasteiger partial charge in [-0.15, -0.1) is 0 Å². The molecule has 162 valence electrons. The number of aryl methyl sites for hydroxylation is 1. The number of carbonyl (C=O) groups excluding carboxylic acids is 1. The number of carbonyl (C=O) groups is 1. The van der Waals surface area contributed by atoms with E-state index in [2.05, 4.69) is 12.2 Å². The van der Waals surface area contributed by atoms with Gasteiger partial charge < -0.3 is 19.3 Å². The SMILES string of the molecule is C[C@H]1[C@H]([Si](C)(C)F)[C@@H](CCO)O[C@H]1CCc1cccc(NC(=O)c2ccccc2)c1. The summed E-state index contributed by atoms with van der Waals surface area (Å²) in [5.41, 5.74) is 2.40. The smallest absolute Gasteiger partial charge is 0.255 e. The minimum absolute atomic E-state index is 0.0170. The van der Waals surface area contributed by atoms with Gasteiger partial charge in [0.2, 0.25) is 8.41 Å². The summed E-state index contributed by atoms with van der Waals surface area (Å²) in [7, 11) is -2.88. The van der Waals surface area contributed by atoms with Gasteiger partial charge in [-0.1, -0.05) is 37.3 Å². The summed E-state index contributed by atoms with van der Waals surface area (Å²) in [6.07, 6.45) is 1.86. The highest BCUT2D eigenvalue weighted by atomic mass is 28.4. The van der Waals surface area contributed by atoms with Gasteiger partial charge in [0.25, 0.3) is 5.91 Å². The van der Waals surface area contributed by atoms with Gasteiger partial charge in [-0.25, -0.2) is 0 Å². The van der Waals surface area contributed by atoms with Crippen molar-refractivity contribution in [3.05, 3.63) is 65.7 Å². The number of nitrogens with one attached hydrogen (secondary N) is 1. The summed E-state index contributed by atoms with van der Waals surface area (Å²) < 4.78 is 21.1. The third-order valence-corrected chi connectivity index (χ3v) is 8.53. The van der Waals surface area contributed by atoms with Gasteiger partial charge in [-0.2, -0.15) is 0 Å². The standard InChI is InChI=1S/C24H32FNO3Si/c1-17-21(29-22(14-15-27)23(17)30(2,3)25)13-12-18-8-7-11-20(16-18)26-24(28)19-9-5-4-6-10-19/h4-11,16-17,21-23,27H,12-15H2,1-3H3,(H,26,28)/t17-,21+,22-,23+/m1/s1. The summed E-state index contributed by atoms with van der Waals surface area (Å²) >= 11 is 0. The maximum atomic E-state index is 14.9. The first-order valence-corrected chi connectivity index (χ1v) is 13.7. The first-order chi connectivity index (χ1) is 14.3. The summed E-state index contributed by atoms with van der Waals surface area (Å²) in [6.45, 7) is 5.58. The van der Waals surface area contributed by atoms with Crippen LogP contribution >= 0.6 is 0 Å². The predicted octanol–water partition coefficient (Wildman–Crippen LogP) is 5.20. The van der Waals surface area contributed by atoms with Gasteiger partial charge in [0, 0.05) is 23.4 Å². The molecule has 1 aliphatic heterocycles. The highest BCUT2D eigenvalue weighted by Gasteiger charge is 2.50. The number of anilines is 1. The third kappa shape index (κ3) is 5.56. The van der Waals surface area contributed by atoms with Crippen LogP contribution in [-0.2, 0) is 11.2 Å². The van der Waals surface area contributed by atoms with Crippen LogP contribution in [0.4, 0.5) is 9.80 Å². The van der Waals surface area contributed by atoms with Gasteiger partial charge in [0.15, 0.2) is 0 Å². The number of hydrogen-bond acceptors (Lipinski definition) is 3. The molecule has 0 saturated carbocycles. The Morgan fingerprint density at radius 3 is 2.50 bits per heavy atom. The molecule has 2 N–H and O–H groups in total. The lowest BCUT2D eigenvalue weighted by Gasteiger charge is -2.28. The topological polar surface area (TPSA) is 58.6 Å². The van der Waals surface area contributed by atoms with Crippen molar-refractivity contribution in [1.82, 2.24) is 0 Å². The normalized spacial score (nSPS) is 24.0. The molecule has 0 unspecified atom stereocenters. The molecule has 0 spiro atoms. The van der Waals surface area contributed by atoms with Crippen molar-refractivity contribution in [3.8, 4) is 0 Å². The van der Waals surface area contributed by atoms with Crippen molar-refractivity contribution in [2.45, 2.75) is 57.0 Å². The van der Waals surface area contributed by atoms with Crippen LogP contribution in [0, 0.1) is 5.92 Å². The second-order valence-electron chi connectivity index (χ2n) is 8.73. The maximum absolute atomic E-state index is 14.9. The van der Waals surface area contributed by atoms with Crippen LogP contribution in [0.3, 0.4) is 0 Å². The molecule has 0 radical (unpaired) electrons. The second kappa shape index (κ2) is 9.86. The molecule has 1 aliphatic rings. The predicted molar refractivity (Wildman–Crippen MR) is 121 cm³/mol. The van der Waals surface area contributed by atoms with Crippen molar-refractivity contribution in [2.75, 3.05) is 11.9 Å². The molecular weight excluding hydrogens is 397 g/mol. The first kappa shape index (κ1) is 22.7. The Bertz CT molecular complexity index is 840. The fourth-order valence-electron chi connectivity index (χ4n) is 4.68. The zero-order valence-electron chi connectivity index (χ0n) is 18.0. The van der Waals surface area contributed by atoms with Crippen molar-refractivity contribution >= 4 is 20.0 Å². The molecule has 0 bridgehead atoms. The molecule has 0 aromatic heterocycles. The first-order valence-electron chi connectivity index (χ1n) is 10.7. The number of rotatable bonds is 8. The van der Waals surface area contributed by atoms with E-state index in [1.807, 2.05) is 42.5 Å². The fourth-order valence-corrected chi connectivity index (χ4v) is 7.28. The van der Waals surface area contributed by atoms with Crippen LogP contribution in [0.1, 0.15) is 35.7 Å². The van der Waals surface area contributed by atoms with Crippen molar-refractivity contribution in [2.24, 2.45) is 5.92 Å². The quantitative estimate of drug-likeness (QED) is 0.448. The zero-order chi connectivity index (χ0) is 21.7. The Kier molecular flexibility index (Phi) is 7.44. The van der Waals surface area contributed by atoms with Crippen molar-refractivity contribution in [3.63, 3.8) is 0 Å². The van der Waals surface area contributed by atoms with E-state index in [1.54, 1.807) is 25.2 Å². The number of aliphatic hydroxyl groups is 1. The molecule has 1 amide bonds. The van der Waals surface area contributed by atoms with Gasteiger partial charge in [-0.3, -0.25) is 4.79 Å². The minimum atomic E-state index is -2.88. The highest BCUT2D eigenvalue weighted by molar-refractivity contribution is 6.72. The molecule has 2 aromatic carbocycles. The summed E-state index contributed by atoms with van der Waals surface area (Å²) in [6, 6.07) is 17.0. The fraction of sp³-hybridized carbons (Fsp3) is 0.458. The number of hydrogen-bond donors (Lipinski definition) is 2. The van der Waals surface area contributed by atoms with Crippen LogP contribution in [0.25, 0.3) is 0 Å². The van der Waals surface area contributed by atoms with Crippen molar-refractivity contribution in [1.29, 1.82) is 0 Å². The monoisotopic (exact) mass is 429 g/mol. The molecule has 3 rings (SSSR count). The number of aliphatic hydroxyl groups excluding tert-OH is 1. The van der Waals surface area contributed by atoms with Gasteiger partial charge >= 0.3 is 0 Å². The van der Waals surface area contributed by atoms with E-state index in [4.69, 9.17) is 4.74 Å². The summed E-state index contributed by atoms with van der Waals surface area (Å²) in [5.74, 6) is -0.000459. The number of ether oxygens (including phenoxy) is 1. The zero-order valence-corrected chi connectivity index (χ0v) is 19.0. The van der Waals surface area contributed by atoms with Crippen molar-refractivity contribution < 1.29 is 18.7 Å². The molecule has 6 heteroatoms. The molecule has 30 heavy (non-hydrogen) atoms. The van der Waals surface area contributed by atoms with Crippen LogP contribution in [0.2, 0.25) is 18.6 Å².